The number of rotatable bonds is 6. The Labute approximate surface area is 153 Å². The van der Waals surface area contributed by atoms with Gasteiger partial charge in [0.05, 0.1) is 6.54 Å². The molecular weight excluding hydrogens is 323 g/mol. The van der Waals surface area contributed by atoms with Crippen molar-refractivity contribution in [3.05, 3.63) is 83.7 Å². The van der Waals surface area contributed by atoms with Crippen molar-refractivity contribution in [3.63, 3.8) is 0 Å². The molecule has 2 nitrogen and oxygen atoms in total. The first-order valence-corrected chi connectivity index (χ1v) is 9.32. The Morgan fingerprint density at radius 3 is 2.54 bits per heavy atom. The van der Waals surface area contributed by atoms with Gasteiger partial charge in [-0.25, -0.2) is 4.39 Å². The summed E-state index contributed by atoms with van der Waals surface area (Å²) < 4.78 is 15.6. The standard InChI is InChI=1S/C23H23FN2/c1-2-26-22-9-4-3-8-20(22)21-15-18(10-11-23(21)26)16-25-13-12-17-6-5-7-19(24)14-17/h3-11,14-15,25H,2,12-13,16H2,1H3/p+1. The molecule has 3 aromatic carbocycles. The average molecular weight is 347 g/mol. The zero-order valence-electron chi connectivity index (χ0n) is 15.1. The number of fused-ring (bicyclic) bond motifs is 3. The highest BCUT2D eigenvalue weighted by Crippen LogP contribution is 2.29. The van der Waals surface area contributed by atoms with E-state index in [1.54, 1.807) is 12.1 Å². The van der Waals surface area contributed by atoms with Gasteiger partial charge in [-0.3, -0.25) is 0 Å². The van der Waals surface area contributed by atoms with Crippen molar-refractivity contribution in [1.29, 1.82) is 0 Å². The number of halogens is 1. The Morgan fingerprint density at radius 1 is 0.846 bits per heavy atom. The minimum atomic E-state index is -0.153. The van der Waals surface area contributed by atoms with Gasteiger partial charge in [-0.05, 0) is 42.8 Å². The molecule has 1 aromatic heterocycles. The number of para-hydroxylation sites is 1. The van der Waals surface area contributed by atoms with E-state index in [9.17, 15) is 4.39 Å². The lowest BCUT2D eigenvalue weighted by Gasteiger charge is -2.05. The molecule has 0 amide bonds. The molecule has 0 fully saturated rings. The minimum absolute atomic E-state index is 0.153. The van der Waals surface area contributed by atoms with Crippen LogP contribution in [0.5, 0.6) is 0 Å². The van der Waals surface area contributed by atoms with E-state index >= 15 is 0 Å². The molecule has 1 heterocycles. The molecule has 0 unspecified atom stereocenters. The first-order chi connectivity index (χ1) is 12.8. The highest BCUT2D eigenvalue weighted by molar-refractivity contribution is 6.08. The van der Waals surface area contributed by atoms with Crippen molar-refractivity contribution in [3.8, 4) is 0 Å². The maximum Gasteiger partial charge on any atom is 0.123 e. The molecule has 0 aliphatic heterocycles. The molecular formula is C23H24FN2+. The summed E-state index contributed by atoms with van der Waals surface area (Å²) in [6.07, 6.45) is 0.884. The molecule has 4 aromatic rings. The molecule has 0 saturated carbocycles. The fourth-order valence-corrected chi connectivity index (χ4v) is 3.80. The van der Waals surface area contributed by atoms with Crippen LogP contribution in [0.2, 0.25) is 0 Å². The van der Waals surface area contributed by atoms with Crippen LogP contribution in [0.3, 0.4) is 0 Å². The molecule has 2 N–H and O–H groups in total. The first kappa shape index (κ1) is 16.8. The third-order valence-corrected chi connectivity index (χ3v) is 5.06. The van der Waals surface area contributed by atoms with Gasteiger partial charge in [0.2, 0.25) is 0 Å². The van der Waals surface area contributed by atoms with Gasteiger partial charge in [0.15, 0.2) is 0 Å². The lowest BCUT2D eigenvalue weighted by atomic mass is 10.1. The molecule has 0 atom stereocenters. The van der Waals surface area contributed by atoms with Crippen molar-refractivity contribution in [2.45, 2.75) is 26.4 Å². The molecule has 0 saturated heterocycles. The van der Waals surface area contributed by atoms with Crippen LogP contribution in [0.25, 0.3) is 21.8 Å². The number of aryl methyl sites for hydroxylation is 1. The summed E-state index contributed by atoms with van der Waals surface area (Å²) in [5.74, 6) is -0.153. The van der Waals surface area contributed by atoms with Crippen molar-refractivity contribution in [1.82, 2.24) is 4.57 Å². The zero-order chi connectivity index (χ0) is 17.9. The fraction of sp³-hybridized carbons (Fsp3) is 0.217. The SMILES string of the molecule is CCn1c2ccccc2c2cc(C[NH2+]CCc3cccc(F)c3)ccc21. The minimum Gasteiger partial charge on any atom is -0.342 e. The van der Waals surface area contributed by atoms with Crippen LogP contribution >= 0.6 is 0 Å². The molecule has 0 aliphatic rings. The van der Waals surface area contributed by atoms with Crippen LogP contribution in [0.1, 0.15) is 18.1 Å². The fourth-order valence-electron chi connectivity index (χ4n) is 3.80. The molecule has 3 heteroatoms. The monoisotopic (exact) mass is 347 g/mol. The van der Waals surface area contributed by atoms with Gasteiger partial charge >= 0.3 is 0 Å². The second-order valence-electron chi connectivity index (χ2n) is 6.77. The van der Waals surface area contributed by atoms with Crippen molar-refractivity contribution in [2.75, 3.05) is 6.54 Å². The number of quaternary nitrogens is 1. The van der Waals surface area contributed by atoms with E-state index in [4.69, 9.17) is 0 Å². The topological polar surface area (TPSA) is 21.5 Å². The van der Waals surface area contributed by atoms with E-state index in [1.807, 2.05) is 6.07 Å². The summed E-state index contributed by atoms with van der Waals surface area (Å²) in [5.41, 5.74) is 4.99. The van der Waals surface area contributed by atoms with E-state index in [2.05, 4.69) is 59.3 Å². The second-order valence-corrected chi connectivity index (χ2v) is 6.77. The molecule has 0 bridgehead atoms. The van der Waals surface area contributed by atoms with E-state index < -0.39 is 0 Å². The largest absolute Gasteiger partial charge is 0.342 e. The van der Waals surface area contributed by atoms with Gasteiger partial charge < -0.3 is 9.88 Å². The molecule has 4 rings (SSSR count). The Balaban J connectivity index is 1.50. The van der Waals surface area contributed by atoms with E-state index in [-0.39, 0.29) is 5.82 Å². The van der Waals surface area contributed by atoms with Crippen LogP contribution < -0.4 is 5.32 Å². The third kappa shape index (κ3) is 3.23. The molecule has 132 valence electrons. The lowest BCUT2D eigenvalue weighted by molar-refractivity contribution is -0.670. The number of hydrogen-bond donors (Lipinski definition) is 1. The van der Waals surface area contributed by atoms with Crippen LogP contribution in [-0.2, 0) is 19.5 Å². The van der Waals surface area contributed by atoms with Crippen molar-refractivity contribution in [2.24, 2.45) is 0 Å². The summed E-state index contributed by atoms with van der Waals surface area (Å²) in [4.78, 5) is 0. The highest BCUT2D eigenvalue weighted by atomic mass is 19.1. The smallest absolute Gasteiger partial charge is 0.123 e. The lowest BCUT2D eigenvalue weighted by Crippen LogP contribution is -2.83. The van der Waals surface area contributed by atoms with Crippen LogP contribution in [0, 0.1) is 5.82 Å². The second kappa shape index (κ2) is 7.30. The normalized spacial score (nSPS) is 11.5. The van der Waals surface area contributed by atoms with Gasteiger partial charge in [0.1, 0.15) is 12.4 Å². The molecule has 26 heavy (non-hydrogen) atoms. The summed E-state index contributed by atoms with van der Waals surface area (Å²) in [5, 5.41) is 4.95. The van der Waals surface area contributed by atoms with Gasteiger partial charge in [-0.1, -0.05) is 36.4 Å². The van der Waals surface area contributed by atoms with Gasteiger partial charge in [0, 0.05) is 40.3 Å². The summed E-state index contributed by atoms with van der Waals surface area (Å²) in [7, 11) is 0. The van der Waals surface area contributed by atoms with E-state index in [0.29, 0.717) is 0 Å². The van der Waals surface area contributed by atoms with Crippen LogP contribution in [0.15, 0.2) is 66.7 Å². The first-order valence-electron chi connectivity index (χ1n) is 9.32. The maximum absolute atomic E-state index is 13.2. The van der Waals surface area contributed by atoms with Crippen molar-refractivity contribution >= 4 is 21.8 Å². The predicted octanol–water partition coefficient (Wildman–Crippen LogP) is 4.26. The Bertz CT molecular complexity index is 1050. The average Bonchev–Trinajstić information content (AvgIpc) is 2.98. The molecule has 0 radical (unpaired) electrons. The Hall–Kier alpha value is -2.65. The number of hydrogen-bond acceptors (Lipinski definition) is 0. The number of nitrogens with zero attached hydrogens (tertiary/aromatic N) is 1. The number of nitrogens with two attached hydrogens (primary N) is 1. The van der Waals surface area contributed by atoms with Crippen LogP contribution in [0.4, 0.5) is 4.39 Å². The summed E-state index contributed by atoms with van der Waals surface area (Å²) in [6, 6.07) is 22.3. The van der Waals surface area contributed by atoms with Crippen molar-refractivity contribution < 1.29 is 9.71 Å². The summed E-state index contributed by atoms with van der Waals surface area (Å²) in [6.45, 7) is 5.07. The number of aromatic nitrogens is 1. The van der Waals surface area contributed by atoms with E-state index in [1.165, 1.54) is 33.4 Å². The predicted molar refractivity (Wildman–Crippen MR) is 106 cm³/mol. The van der Waals surface area contributed by atoms with E-state index in [0.717, 1.165) is 31.6 Å². The van der Waals surface area contributed by atoms with Gasteiger partial charge in [0.25, 0.3) is 0 Å². The highest BCUT2D eigenvalue weighted by Gasteiger charge is 2.10. The molecule has 0 spiro atoms. The Morgan fingerprint density at radius 2 is 1.69 bits per heavy atom. The zero-order valence-corrected chi connectivity index (χ0v) is 15.1. The van der Waals surface area contributed by atoms with Crippen LogP contribution in [-0.4, -0.2) is 11.1 Å². The van der Waals surface area contributed by atoms with Gasteiger partial charge in [-0.2, -0.15) is 0 Å². The maximum atomic E-state index is 13.2. The third-order valence-electron chi connectivity index (χ3n) is 5.06. The molecule has 0 aliphatic carbocycles. The quantitative estimate of drug-likeness (QED) is 0.503. The summed E-state index contributed by atoms with van der Waals surface area (Å²) >= 11 is 0. The Kier molecular flexibility index (Phi) is 4.72. The van der Waals surface area contributed by atoms with Gasteiger partial charge in [-0.15, -0.1) is 0 Å². The number of benzene rings is 3.